The molecule has 2 rings (SSSR count). The number of benzene rings is 2. The lowest BCUT2D eigenvalue weighted by Crippen LogP contribution is -2.08. The molecule has 0 spiro atoms. The molecule has 21 heavy (non-hydrogen) atoms. The van der Waals surface area contributed by atoms with Crippen molar-refractivity contribution in [3.8, 4) is 5.75 Å². The van der Waals surface area contributed by atoms with E-state index >= 15 is 0 Å². The van der Waals surface area contributed by atoms with Gasteiger partial charge in [0.15, 0.2) is 0 Å². The average molecular weight is 356 g/mol. The Balaban J connectivity index is 2.17. The molecule has 0 aliphatic rings. The van der Waals surface area contributed by atoms with Gasteiger partial charge in [0.1, 0.15) is 5.75 Å². The quantitative estimate of drug-likeness (QED) is 0.787. The highest BCUT2D eigenvalue weighted by atomic mass is 79.9. The maximum Gasteiger partial charge on any atom is 0.387 e. The third kappa shape index (κ3) is 4.17. The topological polar surface area (TPSA) is 21.3 Å². The standard InChI is InChI=1S/C16H16BrF2NO/c1-10-7-11(2)15(13(17)8-10)20-9-12-5-3-4-6-14(12)21-16(18)19/h3-8,16,20H,9H2,1-2H3. The summed E-state index contributed by atoms with van der Waals surface area (Å²) in [7, 11) is 0. The predicted molar refractivity (Wildman–Crippen MR) is 84.0 cm³/mol. The summed E-state index contributed by atoms with van der Waals surface area (Å²) in [5, 5.41) is 3.27. The fourth-order valence-corrected chi connectivity index (χ4v) is 3.00. The van der Waals surface area contributed by atoms with E-state index in [0.717, 1.165) is 21.3 Å². The van der Waals surface area contributed by atoms with E-state index in [2.05, 4.69) is 32.0 Å². The molecule has 0 amide bonds. The second kappa shape index (κ2) is 6.89. The Morgan fingerprint density at radius 1 is 1.19 bits per heavy atom. The van der Waals surface area contributed by atoms with Crippen molar-refractivity contribution in [1.82, 2.24) is 0 Å². The van der Waals surface area contributed by atoms with Gasteiger partial charge in [0.2, 0.25) is 0 Å². The first kappa shape index (κ1) is 15.8. The molecular weight excluding hydrogens is 340 g/mol. The van der Waals surface area contributed by atoms with Crippen LogP contribution in [0.5, 0.6) is 5.75 Å². The van der Waals surface area contributed by atoms with Crippen molar-refractivity contribution in [2.75, 3.05) is 5.32 Å². The number of para-hydroxylation sites is 1. The minimum absolute atomic E-state index is 0.195. The number of anilines is 1. The van der Waals surface area contributed by atoms with Gasteiger partial charge in [-0.15, -0.1) is 0 Å². The van der Waals surface area contributed by atoms with Crippen LogP contribution in [0.15, 0.2) is 40.9 Å². The van der Waals surface area contributed by atoms with Gasteiger partial charge < -0.3 is 10.1 Å². The van der Waals surface area contributed by atoms with Crippen LogP contribution in [-0.4, -0.2) is 6.61 Å². The van der Waals surface area contributed by atoms with E-state index in [9.17, 15) is 8.78 Å². The molecule has 112 valence electrons. The second-order valence-corrected chi connectivity index (χ2v) is 5.63. The van der Waals surface area contributed by atoms with Gasteiger partial charge in [-0.05, 0) is 53.0 Å². The summed E-state index contributed by atoms with van der Waals surface area (Å²) in [6.07, 6.45) is 0. The molecule has 1 N–H and O–H groups in total. The van der Waals surface area contributed by atoms with Crippen LogP contribution in [0.3, 0.4) is 0 Å². The number of rotatable bonds is 5. The maximum atomic E-state index is 12.4. The van der Waals surface area contributed by atoms with Gasteiger partial charge in [0.25, 0.3) is 0 Å². The number of ether oxygens (including phenoxy) is 1. The van der Waals surface area contributed by atoms with Crippen molar-refractivity contribution in [3.63, 3.8) is 0 Å². The molecule has 0 bridgehead atoms. The van der Waals surface area contributed by atoms with Gasteiger partial charge >= 0.3 is 6.61 Å². The molecule has 2 aromatic carbocycles. The Bertz CT molecular complexity index is 608. The molecule has 0 heterocycles. The summed E-state index contributed by atoms with van der Waals surface area (Å²) in [6.45, 7) is 1.61. The lowest BCUT2D eigenvalue weighted by Gasteiger charge is -2.15. The van der Waals surface area contributed by atoms with Gasteiger partial charge in [-0.25, -0.2) is 0 Å². The molecule has 0 unspecified atom stereocenters. The zero-order chi connectivity index (χ0) is 15.4. The van der Waals surface area contributed by atoms with E-state index in [0.29, 0.717) is 12.1 Å². The third-order valence-electron chi connectivity index (χ3n) is 3.08. The zero-order valence-corrected chi connectivity index (χ0v) is 13.4. The second-order valence-electron chi connectivity index (χ2n) is 4.78. The van der Waals surface area contributed by atoms with E-state index < -0.39 is 6.61 Å². The fraction of sp³-hybridized carbons (Fsp3) is 0.250. The Kier molecular flexibility index (Phi) is 5.17. The monoisotopic (exact) mass is 355 g/mol. The Morgan fingerprint density at radius 2 is 1.90 bits per heavy atom. The summed E-state index contributed by atoms with van der Waals surface area (Å²) >= 11 is 3.52. The van der Waals surface area contributed by atoms with E-state index in [1.807, 2.05) is 19.9 Å². The van der Waals surface area contributed by atoms with Crippen molar-refractivity contribution < 1.29 is 13.5 Å². The van der Waals surface area contributed by atoms with Crippen LogP contribution in [0.1, 0.15) is 16.7 Å². The fourth-order valence-electron chi connectivity index (χ4n) is 2.18. The summed E-state index contributed by atoms with van der Waals surface area (Å²) in [6, 6.07) is 10.9. The van der Waals surface area contributed by atoms with Crippen molar-refractivity contribution >= 4 is 21.6 Å². The number of alkyl halides is 2. The van der Waals surface area contributed by atoms with Crippen LogP contribution in [0.4, 0.5) is 14.5 Å². The number of nitrogens with one attached hydrogen (secondary N) is 1. The van der Waals surface area contributed by atoms with E-state index in [4.69, 9.17) is 0 Å². The molecule has 0 aliphatic heterocycles. The van der Waals surface area contributed by atoms with Crippen LogP contribution in [0.2, 0.25) is 0 Å². The van der Waals surface area contributed by atoms with Crippen LogP contribution in [-0.2, 0) is 6.54 Å². The molecule has 0 aliphatic carbocycles. The first-order valence-electron chi connectivity index (χ1n) is 6.50. The molecule has 2 aromatic rings. The van der Waals surface area contributed by atoms with Gasteiger partial charge in [0.05, 0.1) is 5.69 Å². The molecule has 0 radical (unpaired) electrons. The normalized spacial score (nSPS) is 10.8. The lowest BCUT2D eigenvalue weighted by atomic mass is 10.1. The molecule has 5 heteroatoms. The Labute approximate surface area is 131 Å². The third-order valence-corrected chi connectivity index (χ3v) is 3.70. The molecule has 0 saturated heterocycles. The Morgan fingerprint density at radius 3 is 2.57 bits per heavy atom. The number of hydrogen-bond acceptors (Lipinski definition) is 2. The van der Waals surface area contributed by atoms with Crippen LogP contribution >= 0.6 is 15.9 Å². The van der Waals surface area contributed by atoms with E-state index in [1.165, 1.54) is 0 Å². The van der Waals surface area contributed by atoms with Crippen LogP contribution in [0, 0.1) is 13.8 Å². The average Bonchev–Trinajstić information content (AvgIpc) is 2.38. The predicted octanol–water partition coefficient (Wildman–Crippen LogP) is 5.28. The molecule has 0 atom stereocenters. The number of halogens is 3. The lowest BCUT2D eigenvalue weighted by molar-refractivity contribution is -0.0504. The van der Waals surface area contributed by atoms with Gasteiger partial charge in [-0.3, -0.25) is 0 Å². The summed E-state index contributed by atoms with van der Waals surface area (Å²) in [5.74, 6) is 0.195. The molecule has 0 fully saturated rings. The van der Waals surface area contributed by atoms with E-state index in [-0.39, 0.29) is 5.75 Å². The molecular formula is C16H16BrF2NO. The zero-order valence-electron chi connectivity index (χ0n) is 11.8. The van der Waals surface area contributed by atoms with Crippen LogP contribution in [0.25, 0.3) is 0 Å². The summed E-state index contributed by atoms with van der Waals surface area (Å²) < 4.78 is 30.3. The van der Waals surface area contributed by atoms with Crippen molar-refractivity contribution in [1.29, 1.82) is 0 Å². The first-order valence-corrected chi connectivity index (χ1v) is 7.30. The van der Waals surface area contributed by atoms with Crippen molar-refractivity contribution in [2.24, 2.45) is 0 Å². The molecule has 0 saturated carbocycles. The van der Waals surface area contributed by atoms with Gasteiger partial charge in [-0.1, -0.05) is 24.3 Å². The maximum absolute atomic E-state index is 12.4. The summed E-state index contributed by atoms with van der Waals surface area (Å²) in [5.41, 5.74) is 3.89. The van der Waals surface area contributed by atoms with Gasteiger partial charge in [-0.2, -0.15) is 8.78 Å². The van der Waals surface area contributed by atoms with Gasteiger partial charge in [0, 0.05) is 16.6 Å². The number of hydrogen-bond donors (Lipinski definition) is 1. The minimum Gasteiger partial charge on any atom is -0.434 e. The first-order chi connectivity index (χ1) is 9.97. The van der Waals surface area contributed by atoms with E-state index in [1.54, 1.807) is 24.3 Å². The summed E-state index contributed by atoms with van der Waals surface area (Å²) in [4.78, 5) is 0. The van der Waals surface area contributed by atoms with Crippen LogP contribution < -0.4 is 10.1 Å². The molecule has 2 nitrogen and oxygen atoms in total. The molecule has 0 aromatic heterocycles. The highest BCUT2D eigenvalue weighted by Crippen LogP contribution is 2.29. The highest BCUT2D eigenvalue weighted by molar-refractivity contribution is 9.10. The minimum atomic E-state index is -2.82. The van der Waals surface area contributed by atoms with Crippen molar-refractivity contribution in [2.45, 2.75) is 27.0 Å². The SMILES string of the molecule is Cc1cc(C)c(NCc2ccccc2OC(F)F)c(Br)c1. The Hall–Kier alpha value is -1.62. The van der Waals surface area contributed by atoms with Crippen molar-refractivity contribution in [3.05, 3.63) is 57.6 Å². The smallest absolute Gasteiger partial charge is 0.387 e. The largest absolute Gasteiger partial charge is 0.434 e. The highest BCUT2D eigenvalue weighted by Gasteiger charge is 2.10. The number of aryl methyl sites for hydroxylation is 2.